The van der Waals surface area contributed by atoms with Crippen LogP contribution in [-0.2, 0) is 14.8 Å². The molecule has 1 fully saturated rings. The number of halogens is 1. The van der Waals surface area contributed by atoms with E-state index in [1.165, 1.54) is 27.8 Å². The van der Waals surface area contributed by atoms with E-state index in [0.29, 0.717) is 41.9 Å². The van der Waals surface area contributed by atoms with Crippen LogP contribution in [0.15, 0.2) is 65.6 Å². The first-order valence-electron chi connectivity index (χ1n) is 10.0. The molecule has 1 N–H and O–H groups in total. The van der Waals surface area contributed by atoms with Crippen molar-refractivity contribution in [1.82, 2.24) is 4.31 Å². The summed E-state index contributed by atoms with van der Waals surface area (Å²) in [7, 11) is -3.58. The molecule has 6 nitrogen and oxygen atoms in total. The standard InChI is InChI=1S/C23H19ClN2O4S2/c24-21-20-18-4-2-1-3-15(18)5-10-19(20)31-22(21)23(27)25-16-6-8-17(9-7-16)32(28,29)26-11-13-30-14-12-26/h1-10H,11-14H2,(H,25,27). The molecule has 164 valence electrons. The van der Waals surface area contributed by atoms with E-state index >= 15 is 0 Å². The number of anilines is 1. The lowest BCUT2D eigenvalue weighted by Crippen LogP contribution is -2.40. The lowest BCUT2D eigenvalue weighted by Gasteiger charge is -2.26. The van der Waals surface area contributed by atoms with Crippen LogP contribution < -0.4 is 5.32 Å². The Morgan fingerprint density at radius 1 is 1.00 bits per heavy atom. The number of fused-ring (bicyclic) bond motifs is 3. The third-order valence-corrected chi connectivity index (χ3v) is 9.00. The second kappa shape index (κ2) is 8.46. The van der Waals surface area contributed by atoms with E-state index in [4.69, 9.17) is 16.3 Å². The molecular formula is C23H19ClN2O4S2. The van der Waals surface area contributed by atoms with E-state index in [0.717, 1.165) is 20.9 Å². The first-order valence-corrected chi connectivity index (χ1v) is 12.7. The molecule has 1 aliphatic heterocycles. The van der Waals surface area contributed by atoms with Crippen molar-refractivity contribution in [3.8, 4) is 0 Å². The van der Waals surface area contributed by atoms with Crippen LogP contribution in [0.5, 0.6) is 0 Å². The largest absolute Gasteiger partial charge is 0.379 e. The topological polar surface area (TPSA) is 75.7 Å². The van der Waals surface area contributed by atoms with Gasteiger partial charge in [-0.3, -0.25) is 4.79 Å². The van der Waals surface area contributed by atoms with E-state index < -0.39 is 10.0 Å². The number of hydrogen-bond donors (Lipinski definition) is 1. The summed E-state index contributed by atoms with van der Waals surface area (Å²) in [6, 6.07) is 18.1. The summed E-state index contributed by atoms with van der Waals surface area (Å²) in [5.41, 5.74) is 0.495. The fourth-order valence-corrected chi connectivity index (χ4v) is 6.69. The molecule has 1 aromatic heterocycles. The van der Waals surface area contributed by atoms with Crippen LogP contribution in [0.2, 0.25) is 5.02 Å². The Labute approximate surface area is 194 Å². The van der Waals surface area contributed by atoms with Gasteiger partial charge in [-0.1, -0.05) is 41.9 Å². The molecule has 3 aromatic carbocycles. The van der Waals surface area contributed by atoms with Crippen molar-refractivity contribution in [1.29, 1.82) is 0 Å². The van der Waals surface area contributed by atoms with Crippen LogP contribution in [0.4, 0.5) is 5.69 Å². The molecular weight excluding hydrogens is 468 g/mol. The fraction of sp³-hybridized carbons (Fsp3) is 0.174. The normalized spacial score (nSPS) is 15.3. The molecule has 1 saturated heterocycles. The van der Waals surface area contributed by atoms with Gasteiger partial charge in [0.1, 0.15) is 4.88 Å². The van der Waals surface area contributed by atoms with Crippen LogP contribution in [0, 0.1) is 0 Å². The number of morpholine rings is 1. The van der Waals surface area contributed by atoms with Crippen molar-refractivity contribution in [2.24, 2.45) is 0 Å². The Morgan fingerprint density at radius 2 is 1.72 bits per heavy atom. The minimum atomic E-state index is -3.58. The first-order chi connectivity index (χ1) is 15.4. The van der Waals surface area contributed by atoms with Gasteiger partial charge in [-0.25, -0.2) is 8.42 Å². The second-order valence-corrected chi connectivity index (χ2v) is 10.8. The van der Waals surface area contributed by atoms with Gasteiger partial charge in [-0.05, 0) is 41.1 Å². The number of carbonyl (C=O) groups is 1. The van der Waals surface area contributed by atoms with Crippen LogP contribution in [0.3, 0.4) is 0 Å². The van der Waals surface area contributed by atoms with Crippen molar-refractivity contribution < 1.29 is 17.9 Å². The molecule has 0 unspecified atom stereocenters. The average Bonchev–Trinajstić information content (AvgIpc) is 3.17. The van der Waals surface area contributed by atoms with Crippen LogP contribution in [0.1, 0.15) is 9.67 Å². The van der Waals surface area contributed by atoms with Gasteiger partial charge in [0.05, 0.1) is 23.1 Å². The number of ether oxygens (including phenoxy) is 1. The minimum Gasteiger partial charge on any atom is -0.379 e. The van der Waals surface area contributed by atoms with Gasteiger partial charge < -0.3 is 10.1 Å². The van der Waals surface area contributed by atoms with Gasteiger partial charge in [-0.15, -0.1) is 11.3 Å². The molecule has 9 heteroatoms. The SMILES string of the molecule is O=C(Nc1ccc(S(=O)(=O)N2CCOCC2)cc1)c1sc2ccc3ccccc3c2c1Cl. The molecule has 0 spiro atoms. The molecule has 5 rings (SSSR count). The minimum absolute atomic E-state index is 0.184. The summed E-state index contributed by atoms with van der Waals surface area (Å²) in [6.07, 6.45) is 0. The molecule has 0 atom stereocenters. The van der Waals surface area contributed by atoms with E-state index in [-0.39, 0.29) is 10.8 Å². The fourth-order valence-electron chi connectivity index (χ4n) is 3.81. The number of nitrogens with zero attached hydrogens (tertiary/aromatic N) is 1. The highest BCUT2D eigenvalue weighted by molar-refractivity contribution is 7.89. The van der Waals surface area contributed by atoms with Gasteiger partial charge in [0.15, 0.2) is 0 Å². The number of nitrogens with one attached hydrogen (secondary N) is 1. The summed E-state index contributed by atoms with van der Waals surface area (Å²) in [6.45, 7) is 1.44. The third-order valence-electron chi connectivity index (χ3n) is 5.45. The van der Waals surface area contributed by atoms with E-state index in [2.05, 4.69) is 5.32 Å². The third kappa shape index (κ3) is 3.78. The zero-order valence-corrected chi connectivity index (χ0v) is 19.3. The first kappa shape index (κ1) is 21.4. The van der Waals surface area contributed by atoms with Gasteiger partial charge in [-0.2, -0.15) is 4.31 Å². The molecule has 4 aromatic rings. The Kier molecular flexibility index (Phi) is 5.65. The average molecular weight is 487 g/mol. The number of amides is 1. The summed E-state index contributed by atoms with van der Waals surface area (Å²) < 4.78 is 33.1. The molecule has 32 heavy (non-hydrogen) atoms. The number of thiophene rings is 1. The predicted octanol–water partition coefficient (Wildman–Crippen LogP) is 4.98. The van der Waals surface area contributed by atoms with Crippen molar-refractivity contribution >= 4 is 65.4 Å². The van der Waals surface area contributed by atoms with Crippen molar-refractivity contribution in [3.05, 3.63) is 70.6 Å². The number of benzene rings is 3. The highest BCUT2D eigenvalue weighted by atomic mass is 35.5. The number of hydrogen-bond acceptors (Lipinski definition) is 5. The second-order valence-electron chi connectivity index (χ2n) is 7.40. The molecule has 0 saturated carbocycles. The van der Waals surface area contributed by atoms with Crippen LogP contribution in [0.25, 0.3) is 20.9 Å². The predicted molar refractivity (Wildman–Crippen MR) is 128 cm³/mol. The lowest BCUT2D eigenvalue weighted by molar-refractivity contribution is 0.0730. The number of sulfonamides is 1. The van der Waals surface area contributed by atoms with Gasteiger partial charge >= 0.3 is 0 Å². The highest BCUT2D eigenvalue weighted by Gasteiger charge is 2.26. The monoisotopic (exact) mass is 486 g/mol. The summed E-state index contributed by atoms with van der Waals surface area (Å²) in [5, 5.41) is 6.18. The van der Waals surface area contributed by atoms with Gasteiger partial charge in [0.2, 0.25) is 10.0 Å². The summed E-state index contributed by atoms with van der Waals surface area (Å²) in [5.74, 6) is -0.330. The molecule has 1 aliphatic rings. The van der Waals surface area contributed by atoms with E-state index in [1.807, 2.05) is 36.4 Å². The van der Waals surface area contributed by atoms with Crippen LogP contribution in [-0.4, -0.2) is 44.9 Å². The maximum absolute atomic E-state index is 12.9. The van der Waals surface area contributed by atoms with Crippen molar-refractivity contribution in [3.63, 3.8) is 0 Å². The van der Waals surface area contributed by atoms with Gasteiger partial charge in [0.25, 0.3) is 5.91 Å². The molecule has 1 amide bonds. The number of rotatable bonds is 4. The summed E-state index contributed by atoms with van der Waals surface area (Å²) >= 11 is 7.96. The van der Waals surface area contributed by atoms with Crippen molar-refractivity contribution in [2.45, 2.75) is 4.90 Å². The number of carbonyl (C=O) groups excluding carboxylic acids is 1. The summed E-state index contributed by atoms with van der Waals surface area (Å²) in [4.78, 5) is 13.5. The molecule has 0 radical (unpaired) electrons. The zero-order chi connectivity index (χ0) is 22.3. The smallest absolute Gasteiger partial charge is 0.267 e. The Hall–Kier alpha value is -2.49. The molecule has 2 heterocycles. The Morgan fingerprint density at radius 3 is 2.47 bits per heavy atom. The maximum Gasteiger partial charge on any atom is 0.267 e. The lowest BCUT2D eigenvalue weighted by atomic mass is 10.1. The van der Waals surface area contributed by atoms with E-state index in [1.54, 1.807) is 12.1 Å². The van der Waals surface area contributed by atoms with Crippen LogP contribution >= 0.6 is 22.9 Å². The van der Waals surface area contributed by atoms with Gasteiger partial charge in [0, 0.05) is 28.9 Å². The Bertz CT molecular complexity index is 1430. The van der Waals surface area contributed by atoms with Crippen molar-refractivity contribution in [2.75, 3.05) is 31.6 Å². The molecule has 0 aliphatic carbocycles. The van der Waals surface area contributed by atoms with E-state index in [9.17, 15) is 13.2 Å². The highest BCUT2D eigenvalue weighted by Crippen LogP contribution is 2.40. The quantitative estimate of drug-likeness (QED) is 0.441. The molecule has 0 bridgehead atoms. The zero-order valence-electron chi connectivity index (χ0n) is 16.9. The maximum atomic E-state index is 12.9. The Balaban J connectivity index is 1.40.